The predicted molar refractivity (Wildman–Crippen MR) is 105 cm³/mol. The molecule has 0 atom stereocenters. The minimum Gasteiger partial charge on any atom is -0.495 e. The zero-order valence-corrected chi connectivity index (χ0v) is 16.3. The van der Waals surface area contributed by atoms with Crippen molar-refractivity contribution < 1.29 is 14.6 Å². The third-order valence-electron chi connectivity index (χ3n) is 5.22. The number of aliphatic hydroxyl groups excluding tert-OH is 1. The summed E-state index contributed by atoms with van der Waals surface area (Å²) in [6, 6.07) is 3.76. The Morgan fingerprint density at radius 2 is 2.15 bits per heavy atom. The maximum atomic E-state index is 12.0. The Morgan fingerprint density at radius 3 is 2.89 bits per heavy atom. The van der Waals surface area contributed by atoms with Gasteiger partial charge < -0.3 is 14.7 Å². The van der Waals surface area contributed by atoms with E-state index in [0.29, 0.717) is 28.9 Å². The van der Waals surface area contributed by atoms with E-state index in [9.17, 15) is 9.90 Å². The summed E-state index contributed by atoms with van der Waals surface area (Å²) in [5.74, 6) is 0.389. The summed E-state index contributed by atoms with van der Waals surface area (Å²) in [7, 11) is 1.60. The number of methoxy groups -OCH3 is 1. The van der Waals surface area contributed by atoms with Gasteiger partial charge in [-0.05, 0) is 47.2 Å². The van der Waals surface area contributed by atoms with Crippen LogP contribution in [0.2, 0.25) is 10.0 Å². The van der Waals surface area contributed by atoms with Crippen LogP contribution >= 0.6 is 23.2 Å². The molecule has 1 N–H and O–H groups in total. The van der Waals surface area contributed by atoms with Crippen LogP contribution in [0.15, 0.2) is 30.1 Å². The zero-order valence-electron chi connectivity index (χ0n) is 14.8. The van der Waals surface area contributed by atoms with E-state index < -0.39 is 6.61 Å². The fourth-order valence-corrected chi connectivity index (χ4v) is 4.31. The molecule has 2 aliphatic rings. The molecule has 0 spiro atoms. The topological polar surface area (TPSA) is 62.7 Å². The van der Waals surface area contributed by atoms with Gasteiger partial charge in [0.05, 0.1) is 23.4 Å². The Morgan fingerprint density at radius 1 is 1.33 bits per heavy atom. The highest BCUT2D eigenvalue weighted by Crippen LogP contribution is 2.48. The van der Waals surface area contributed by atoms with Crippen molar-refractivity contribution >= 4 is 34.7 Å². The number of aromatic nitrogens is 1. The minimum atomic E-state index is -0.483. The molecular weight excluding hydrogens is 387 g/mol. The number of rotatable bonds is 3. The van der Waals surface area contributed by atoms with Crippen molar-refractivity contribution in [3.63, 3.8) is 0 Å². The molecule has 0 radical (unpaired) electrons. The molecule has 140 valence electrons. The van der Waals surface area contributed by atoms with Crippen molar-refractivity contribution in [1.82, 2.24) is 9.88 Å². The number of benzene rings is 1. The number of halogens is 2. The summed E-state index contributed by atoms with van der Waals surface area (Å²) in [5, 5.41) is 10.3. The first kappa shape index (κ1) is 18.3. The van der Waals surface area contributed by atoms with Crippen LogP contribution in [-0.4, -0.2) is 47.7 Å². The summed E-state index contributed by atoms with van der Waals surface area (Å²) in [5.41, 5.74) is 6.18. The molecule has 1 aromatic heterocycles. The van der Waals surface area contributed by atoms with E-state index >= 15 is 0 Å². The summed E-state index contributed by atoms with van der Waals surface area (Å²) in [6.07, 6.45) is 4.91. The van der Waals surface area contributed by atoms with Crippen LogP contribution in [0.3, 0.4) is 0 Å². The van der Waals surface area contributed by atoms with Gasteiger partial charge in [0, 0.05) is 24.8 Å². The van der Waals surface area contributed by atoms with Crippen molar-refractivity contribution in [2.45, 2.75) is 12.8 Å². The Balaban J connectivity index is 1.87. The molecule has 1 amide bonds. The molecule has 7 heteroatoms. The van der Waals surface area contributed by atoms with Gasteiger partial charge in [-0.15, -0.1) is 0 Å². The van der Waals surface area contributed by atoms with Crippen molar-refractivity contribution in [1.29, 1.82) is 0 Å². The van der Waals surface area contributed by atoms with E-state index in [2.05, 4.69) is 4.98 Å². The Kier molecular flexibility index (Phi) is 4.84. The maximum absolute atomic E-state index is 12.0. The van der Waals surface area contributed by atoms with E-state index in [1.54, 1.807) is 24.4 Å². The minimum absolute atomic E-state index is 0.264. The first-order valence-corrected chi connectivity index (χ1v) is 9.39. The molecular formula is C20H18Cl2N2O3. The number of hydrogen-bond acceptors (Lipinski definition) is 4. The lowest BCUT2D eigenvalue weighted by atomic mass is 9.92. The number of carbonyl (C=O) groups is 1. The van der Waals surface area contributed by atoms with E-state index in [1.165, 1.54) is 5.57 Å². The zero-order chi connectivity index (χ0) is 19.1. The molecule has 1 aliphatic heterocycles. The quantitative estimate of drug-likeness (QED) is 0.848. The number of amides is 1. The number of nitrogens with zero attached hydrogens (tertiary/aromatic N) is 2. The van der Waals surface area contributed by atoms with Crippen LogP contribution in [0.1, 0.15) is 17.5 Å². The average molecular weight is 405 g/mol. The molecule has 0 saturated carbocycles. The number of aliphatic hydroxyl groups is 1. The molecule has 2 heterocycles. The van der Waals surface area contributed by atoms with Crippen LogP contribution < -0.4 is 4.74 Å². The number of hydrogen-bond donors (Lipinski definition) is 1. The average Bonchev–Trinajstić information content (AvgIpc) is 3.09. The van der Waals surface area contributed by atoms with Crippen LogP contribution in [-0.2, 0) is 11.2 Å². The molecule has 0 fully saturated rings. The lowest BCUT2D eigenvalue weighted by Crippen LogP contribution is -2.37. The molecule has 4 rings (SSSR count). The highest BCUT2D eigenvalue weighted by Gasteiger charge is 2.33. The number of carbonyl (C=O) groups excluding carboxylic acids is 1. The second-order valence-electron chi connectivity index (χ2n) is 6.67. The highest BCUT2D eigenvalue weighted by atomic mass is 35.5. The number of pyridine rings is 1. The first-order valence-electron chi connectivity index (χ1n) is 8.63. The standard InChI is InChI=1S/C20H18Cl2N2O3/c1-27-13-4-12(7-23-8-13)14-6-17(21)20(22)15-5-11-2-3-24(18(26)10-25)9-16(11)19(14)15/h4,6-8,25H,2-3,5,9-10H2,1H3. The fraction of sp³-hybridized carbons (Fsp3) is 0.300. The molecule has 1 aromatic carbocycles. The van der Waals surface area contributed by atoms with Crippen molar-refractivity contribution in [3.8, 4) is 16.9 Å². The maximum Gasteiger partial charge on any atom is 0.248 e. The van der Waals surface area contributed by atoms with Gasteiger partial charge in [-0.3, -0.25) is 9.78 Å². The monoisotopic (exact) mass is 404 g/mol. The predicted octanol–water partition coefficient (Wildman–Crippen LogP) is 3.60. The highest BCUT2D eigenvalue weighted by molar-refractivity contribution is 6.43. The molecule has 5 nitrogen and oxygen atoms in total. The molecule has 1 aliphatic carbocycles. The van der Waals surface area contributed by atoms with Crippen LogP contribution in [0.25, 0.3) is 16.7 Å². The van der Waals surface area contributed by atoms with E-state index in [0.717, 1.165) is 40.7 Å². The molecule has 0 unspecified atom stereocenters. The van der Waals surface area contributed by atoms with Crippen LogP contribution in [0.4, 0.5) is 0 Å². The van der Waals surface area contributed by atoms with Gasteiger partial charge in [-0.25, -0.2) is 0 Å². The summed E-state index contributed by atoms with van der Waals surface area (Å²) in [4.78, 5) is 17.9. The van der Waals surface area contributed by atoms with Crippen LogP contribution in [0.5, 0.6) is 5.75 Å². The van der Waals surface area contributed by atoms with Crippen molar-refractivity contribution in [3.05, 3.63) is 51.3 Å². The normalized spacial score (nSPS) is 15.6. The second kappa shape index (κ2) is 7.15. The fourth-order valence-electron chi connectivity index (χ4n) is 3.87. The van der Waals surface area contributed by atoms with Crippen molar-refractivity contribution in [2.24, 2.45) is 0 Å². The summed E-state index contributed by atoms with van der Waals surface area (Å²) in [6.45, 7) is 0.585. The van der Waals surface area contributed by atoms with Gasteiger partial charge in [-0.1, -0.05) is 28.8 Å². The molecule has 27 heavy (non-hydrogen) atoms. The third-order valence-corrected chi connectivity index (χ3v) is 6.04. The van der Waals surface area contributed by atoms with Gasteiger partial charge in [0.15, 0.2) is 0 Å². The van der Waals surface area contributed by atoms with Crippen molar-refractivity contribution in [2.75, 3.05) is 26.8 Å². The van der Waals surface area contributed by atoms with E-state index in [4.69, 9.17) is 27.9 Å². The molecule has 2 aromatic rings. The number of fused-ring (bicyclic) bond motifs is 2. The van der Waals surface area contributed by atoms with E-state index in [1.807, 2.05) is 12.1 Å². The van der Waals surface area contributed by atoms with Gasteiger partial charge >= 0.3 is 0 Å². The van der Waals surface area contributed by atoms with Gasteiger partial charge in [0.2, 0.25) is 5.91 Å². The first-order chi connectivity index (χ1) is 13.0. The van der Waals surface area contributed by atoms with Gasteiger partial charge in [0.1, 0.15) is 12.4 Å². The Hall–Kier alpha value is -2.08. The van der Waals surface area contributed by atoms with Gasteiger partial charge in [0.25, 0.3) is 0 Å². The number of ether oxygens (including phenoxy) is 1. The second-order valence-corrected chi connectivity index (χ2v) is 7.45. The van der Waals surface area contributed by atoms with Crippen LogP contribution in [0, 0.1) is 0 Å². The molecule has 0 saturated heterocycles. The SMILES string of the molecule is COc1cncc(-c2cc(Cl)c(Cl)c3c2C2=C(CCN(C(=O)CO)C2)C3)c1. The van der Waals surface area contributed by atoms with Gasteiger partial charge in [-0.2, -0.15) is 0 Å². The largest absolute Gasteiger partial charge is 0.495 e. The Bertz CT molecular complexity index is 972. The summed E-state index contributed by atoms with van der Waals surface area (Å²) < 4.78 is 5.31. The lowest BCUT2D eigenvalue weighted by Gasteiger charge is -2.29. The molecule has 0 bridgehead atoms. The smallest absolute Gasteiger partial charge is 0.248 e. The van der Waals surface area contributed by atoms with E-state index in [-0.39, 0.29) is 5.91 Å². The Labute approximate surface area is 167 Å². The lowest BCUT2D eigenvalue weighted by molar-refractivity contribution is -0.133. The third kappa shape index (κ3) is 3.10. The summed E-state index contributed by atoms with van der Waals surface area (Å²) >= 11 is 12.9.